The van der Waals surface area contributed by atoms with Gasteiger partial charge in [0.05, 0.1) is 19.2 Å². The maximum Gasteiger partial charge on any atom is 0.276 e. The summed E-state index contributed by atoms with van der Waals surface area (Å²) in [5.74, 6) is 0.168. The molecule has 0 bridgehead atoms. The fourth-order valence-electron chi connectivity index (χ4n) is 3.31. The van der Waals surface area contributed by atoms with Gasteiger partial charge in [-0.2, -0.15) is 5.10 Å². The topological polar surface area (TPSA) is 79.8 Å². The summed E-state index contributed by atoms with van der Waals surface area (Å²) in [7, 11) is 1.63. The van der Waals surface area contributed by atoms with Gasteiger partial charge in [-0.3, -0.25) is 9.59 Å². The Bertz CT molecular complexity index is 891. The summed E-state index contributed by atoms with van der Waals surface area (Å²) in [4.78, 5) is 24.6. The molecule has 0 saturated heterocycles. The van der Waals surface area contributed by atoms with Gasteiger partial charge >= 0.3 is 0 Å². The second-order valence-corrected chi connectivity index (χ2v) is 6.74. The van der Waals surface area contributed by atoms with Crippen molar-refractivity contribution in [3.63, 3.8) is 0 Å². The maximum atomic E-state index is 12.4. The highest BCUT2D eigenvalue weighted by molar-refractivity contribution is 6.54. The Labute approximate surface area is 165 Å². The van der Waals surface area contributed by atoms with E-state index in [1.807, 2.05) is 36.4 Å². The van der Waals surface area contributed by atoms with Crippen molar-refractivity contribution in [3.8, 4) is 5.75 Å². The predicted molar refractivity (Wildman–Crippen MR) is 110 cm³/mol. The molecule has 2 amide bonds. The van der Waals surface area contributed by atoms with Gasteiger partial charge in [-0.25, -0.2) is 5.43 Å². The van der Waals surface area contributed by atoms with E-state index in [0.717, 1.165) is 48.2 Å². The number of methoxy groups -OCH3 is 1. The van der Waals surface area contributed by atoms with Crippen molar-refractivity contribution in [1.82, 2.24) is 5.43 Å². The third-order valence-corrected chi connectivity index (χ3v) is 4.73. The predicted octanol–water partition coefficient (Wildman–Crippen LogP) is 3.44. The Morgan fingerprint density at radius 3 is 2.64 bits per heavy atom. The summed E-state index contributed by atoms with van der Waals surface area (Å²) >= 11 is 0. The SMILES string of the molecule is CCCCCc1c(OC)ccc2c1NC(=O)/C2=N\NC(=O)Cc1ccccc1. The molecule has 0 spiro atoms. The molecule has 2 aromatic rings. The molecule has 3 rings (SSSR count). The van der Waals surface area contributed by atoms with Crippen LogP contribution in [0.2, 0.25) is 0 Å². The molecule has 1 aliphatic heterocycles. The van der Waals surface area contributed by atoms with Crippen molar-refractivity contribution in [1.29, 1.82) is 0 Å². The number of hydrazone groups is 1. The molecule has 28 heavy (non-hydrogen) atoms. The van der Waals surface area contributed by atoms with Crippen molar-refractivity contribution < 1.29 is 14.3 Å². The van der Waals surface area contributed by atoms with Crippen molar-refractivity contribution in [2.45, 2.75) is 39.0 Å². The van der Waals surface area contributed by atoms with Gasteiger partial charge in [-0.15, -0.1) is 0 Å². The fourth-order valence-corrected chi connectivity index (χ4v) is 3.31. The first-order valence-corrected chi connectivity index (χ1v) is 9.56. The van der Waals surface area contributed by atoms with Crippen LogP contribution in [0.25, 0.3) is 0 Å². The molecule has 1 aliphatic rings. The summed E-state index contributed by atoms with van der Waals surface area (Å²) in [6.45, 7) is 2.15. The molecule has 2 N–H and O–H groups in total. The summed E-state index contributed by atoms with van der Waals surface area (Å²) in [5, 5.41) is 6.99. The van der Waals surface area contributed by atoms with Crippen LogP contribution in [0.1, 0.15) is 42.9 Å². The van der Waals surface area contributed by atoms with Crippen LogP contribution < -0.4 is 15.5 Å². The number of nitrogens with zero attached hydrogens (tertiary/aromatic N) is 1. The molecule has 6 nitrogen and oxygen atoms in total. The highest BCUT2D eigenvalue weighted by Crippen LogP contribution is 2.35. The first-order valence-electron chi connectivity index (χ1n) is 9.56. The molecular formula is C22H25N3O3. The number of rotatable bonds is 8. The van der Waals surface area contributed by atoms with Crippen molar-refractivity contribution in [2.24, 2.45) is 5.10 Å². The molecule has 1 heterocycles. The minimum atomic E-state index is -0.319. The third kappa shape index (κ3) is 4.39. The lowest BCUT2D eigenvalue weighted by atomic mass is 10.00. The lowest BCUT2D eigenvalue weighted by molar-refractivity contribution is -0.120. The molecule has 6 heteroatoms. The Morgan fingerprint density at radius 1 is 1.14 bits per heavy atom. The van der Waals surface area contributed by atoms with Crippen molar-refractivity contribution in [2.75, 3.05) is 12.4 Å². The molecular weight excluding hydrogens is 354 g/mol. The van der Waals surface area contributed by atoms with E-state index in [-0.39, 0.29) is 23.9 Å². The minimum Gasteiger partial charge on any atom is -0.496 e. The number of hydrogen-bond acceptors (Lipinski definition) is 4. The summed E-state index contributed by atoms with van der Waals surface area (Å²) in [6, 6.07) is 13.1. The van der Waals surface area contributed by atoms with Crippen LogP contribution in [0.5, 0.6) is 5.75 Å². The zero-order valence-corrected chi connectivity index (χ0v) is 16.2. The van der Waals surface area contributed by atoms with E-state index in [4.69, 9.17) is 4.74 Å². The number of carbonyl (C=O) groups is 2. The number of nitrogens with one attached hydrogen (secondary N) is 2. The molecule has 146 valence electrons. The van der Waals surface area contributed by atoms with E-state index in [2.05, 4.69) is 22.8 Å². The van der Waals surface area contributed by atoms with Gasteiger partial charge < -0.3 is 10.1 Å². The highest BCUT2D eigenvalue weighted by atomic mass is 16.5. The molecule has 2 aromatic carbocycles. The zero-order chi connectivity index (χ0) is 19.9. The second-order valence-electron chi connectivity index (χ2n) is 6.74. The van der Waals surface area contributed by atoms with Gasteiger partial charge in [0.1, 0.15) is 5.75 Å². The van der Waals surface area contributed by atoms with E-state index in [1.165, 1.54) is 0 Å². The van der Waals surface area contributed by atoms with Crippen LogP contribution in [-0.4, -0.2) is 24.6 Å². The summed E-state index contributed by atoms with van der Waals surface area (Å²) in [6.07, 6.45) is 4.26. The highest BCUT2D eigenvalue weighted by Gasteiger charge is 2.30. The lowest BCUT2D eigenvalue weighted by Crippen LogP contribution is -2.24. The van der Waals surface area contributed by atoms with E-state index < -0.39 is 0 Å². The molecule has 0 aliphatic carbocycles. The quantitative estimate of drug-likeness (QED) is 0.545. The molecule has 0 aromatic heterocycles. The molecule has 0 saturated carbocycles. The third-order valence-electron chi connectivity index (χ3n) is 4.73. The second kappa shape index (κ2) is 9.17. The van der Waals surface area contributed by atoms with E-state index in [0.29, 0.717) is 5.56 Å². The Balaban J connectivity index is 1.79. The summed E-state index contributed by atoms with van der Waals surface area (Å²) < 4.78 is 5.48. The van der Waals surface area contributed by atoms with E-state index in [9.17, 15) is 9.59 Å². The number of amides is 2. The number of hydrogen-bond donors (Lipinski definition) is 2. The number of carbonyl (C=O) groups excluding carboxylic acids is 2. The number of ether oxygens (including phenoxy) is 1. The first-order chi connectivity index (χ1) is 13.6. The van der Waals surface area contributed by atoms with Gasteiger partial charge in [0.15, 0.2) is 5.71 Å². The van der Waals surface area contributed by atoms with Gasteiger partial charge in [-0.05, 0) is 30.5 Å². The zero-order valence-electron chi connectivity index (χ0n) is 16.2. The Morgan fingerprint density at radius 2 is 1.93 bits per heavy atom. The van der Waals surface area contributed by atoms with Crippen LogP contribution in [0.4, 0.5) is 5.69 Å². The van der Waals surface area contributed by atoms with Crippen LogP contribution in [0.3, 0.4) is 0 Å². The molecule has 0 unspecified atom stereocenters. The summed E-state index contributed by atoms with van der Waals surface area (Å²) in [5.41, 5.74) is 6.01. The molecule has 0 fully saturated rings. The number of benzene rings is 2. The number of anilines is 1. The smallest absolute Gasteiger partial charge is 0.276 e. The van der Waals surface area contributed by atoms with Crippen LogP contribution in [-0.2, 0) is 22.4 Å². The van der Waals surface area contributed by atoms with Gasteiger partial charge in [-0.1, -0.05) is 50.1 Å². The number of fused-ring (bicyclic) bond motifs is 1. The average molecular weight is 379 g/mol. The fraction of sp³-hybridized carbons (Fsp3) is 0.318. The van der Waals surface area contributed by atoms with Crippen molar-refractivity contribution in [3.05, 3.63) is 59.2 Å². The first kappa shape index (κ1) is 19.6. The Kier molecular flexibility index (Phi) is 6.42. The minimum absolute atomic E-state index is 0.205. The van der Waals surface area contributed by atoms with Crippen molar-refractivity contribution >= 4 is 23.2 Å². The molecule has 0 atom stereocenters. The van der Waals surface area contributed by atoms with E-state index in [1.54, 1.807) is 13.2 Å². The van der Waals surface area contributed by atoms with Gasteiger partial charge in [0.2, 0.25) is 5.91 Å². The monoisotopic (exact) mass is 379 g/mol. The number of unbranched alkanes of at least 4 members (excludes halogenated alkanes) is 2. The Hall–Kier alpha value is -3.15. The maximum absolute atomic E-state index is 12.4. The largest absolute Gasteiger partial charge is 0.496 e. The average Bonchev–Trinajstić information content (AvgIpc) is 3.03. The van der Waals surface area contributed by atoms with Crippen LogP contribution >= 0.6 is 0 Å². The van der Waals surface area contributed by atoms with Crippen LogP contribution in [0.15, 0.2) is 47.6 Å². The lowest BCUT2D eigenvalue weighted by Gasteiger charge is -2.12. The molecule has 0 radical (unpaired) electrons. The van der Waals surface area contributed by atoms with Gasteiger partial charge in [0.25, 0.3) is 5.91 Å². The standard InChI is InChI=1S/C22H25N3O3/c1-3-4-6-11-16-18(28-2)13-12-17-20(16)23-22(27)21(17)25-24-19(26)14-15-9-7-5-8-10-15/h5,7-10,12-13H,3-4,6,11,14H2,1-2H3,(H,24,26)(H,23,25,27). The van der Waals surface area contributed by atoms with Crippen LogP contribution in [0, 0.1) is 0 Å². The van der Waals surface area contributed by atoms with Gasteiger partial charge in [0, 0.05) is 11.1 Å². The normalized spacial score (nSPS) is 13.9. The van der Waals surface area contributed by atoms with E-state index >= 15 is 0 Å².